The zero-order valence-electron chi connectivity index (χ0n) is 47.7. The van der Waals surface area contributed by atoms with Crippen LogP contribution in [0.3, 0.4) is 0 Å². The molecule has 0 saturated heterocycles. The molecule has 2 aromatic heterocycles. The van der Waals surface area contributed by atoms with Crippen molar-refractivity contribution in [1.82, 2.24) is 9.13 Å². The molecule has 16 aromatic rings. The third kappa shape index (κ3) is 9.56. The Morgan fingerprint density at radius 2 is 0.437 bits per heavy atom. The highest BCUT2D eigenvalue weighted by atomic mass is 79.9. The Hall–Kier alpha value is -10.8. The van der Waals surface area contributed by atoms with Crippen LogP contribution in [0.2, 0.25) is 0 Å². The summed E-state index contributed by atoms with van der Waals surface area (Å²) in [5.41, 5.74) is 26.6. The number of nitrogens with zero attached hydrogens (tertiary/aromatic N) is 2. The first-order chi connectivity index (χ1) is 43.2. The highest BCUT2D eigenvalue weighted by Gasteiger charge is 2.31. The van der Waals surface area contributed by atoms with E-state index in [2.05, 4.69) is 371 Å². The van der Waals surface area contributed by atoms with Gasteiger partial charge in [-0.3, -0.25) is 0 Å². The Morgan fingerprint density at radius 3 is 0.770 bits per heavy atom. The van der Waals surface area contributed by atoms with Crippen LogP contribution >= 0.6 is 15.9 Å². The second-order valence-electron chi connectivity index (χ2n) is 21.9. The van der Waals surface area contributed by atoms with Crippen molar-refractivity contribution < 1.29 is 0 Å². The molecule has 0 N–H and O–H groups in total. The van der Waals surface area contributed by atoms with Gasteiger partial charge in [0, 0.05) is 70.8 Å². The molecule has 0 aliphatic carbocycles. The Kier molecular flexibility index (Phi) is 14.2. The SMILES string of the molecule is Brc1ccc2c(c1)c1c(-c3ccccc3)c(-c3ccccc3)c(-c3ccccc3)c(-c3ccccc3)c1n2-c1ccccc1.c1ccc(-c2c(-c3ccccc3)c(-c3ccccc3)c3c(c2-c2ccccc2)c2ccccc2n3-c2ccccc2)cc1. The van der Waals surface area contributed by atoms with Gasteiger partial charge in [0.15, 0.2) is 0 Å². The molecular formula is C84H57BrN2. The molecule has 2 nitrogen and oxygen atoms in total. The van der Waals surface area contributed by atoms with Gasteiger partial charge in [-0.2, -0.15) is 0 Å². The van der Waals surface area contributed by atoms with Crippen molar-refractivity contribution in [3.8, 4) is 100 Å². The predicted octanol–water partition coefficient (Wildman–Crippen LogP) is 23.7. The third-order valence-corrected chi connectivity index (χ3v) is 17.3. The van der Waals surface area contributed by atoms with Gasteiger partial charge in [0.25, 0.3) is 0 Å². The van der Waals surface area contributed by atoms with E-state index in [1.807, 2.05) is 0 Å². The molecule has 0 unspecified atom stereocenters. The predicted molar refractivity (Wildman–Crippen MR) is 373 cm³/mol. The van der Waals surface area contributed by atoms with Crippen molar-refractivity contribution in [2.24, 2.45) is 0 Å². The zero-order valence-corrected chi connectivity index (χ0v) is 49.3. The van der Waals surface area contributed by atoms with Crippen LogP contribution in [-0.4, -0.2) is 9.13 Å². The Labute approximate surface area is 515 Å². The minimum Gasteiger partial charge on any atom is -0.309 e. The maximum Gasteiger partial charge on any atom is 0.0632 e. The summed E-state index contributed by atoms with van der Waals surface area (Å²) in [5.74, 6) is 0. The van der Waals surface area contributed by atoms with E-state index in [1.165, 1.54) is 133 Å². The van der Waals surface area contributed by atoms with Gasteiger partial charge >= 0.3 is 0 Å². The lowest BCUT2D eigenvalue weighted by Gasteiger charge is -2.24. The fourth-order valence-electron chi connectivity index (χ4n) is 13.3. The molecule has 0 amide bonds. The summed E-state index contributed by atoms with van der Waals surface area (Å²) >= 11 is 3.83. The van der Waals surface area contributed by atoms with Crippen LogP contribution in [0.1, 0.15) is 0 Å². The molecule has 2 heterocycles. The van der Waals surface area contributed by atoms with Crippen LogP contribution in [-0.2, 0) is 0 Å². The van der Waals surface area contributed by atoms with Crippen LogP contribution in [0, 0.1) is 0 Å². The zero-order chi connectivity index (χ0) is 58.0. The first-order valence-corrected chi connectivity index (χ1v) is 30.5. The highest BCUT2D eigenvalue weighted by molar-refractivity contribution is 9.10. The minimum absolute atomic E-state index is 1.06. The van der Waals surface area contributed by atoms with Gasteiger partial charge in [-0.1, -0.05) is 313 Å². The van der Waals surface area contributed by atoms with Crippen molar-refractivity contribution in [1.29, 1.82) is 0 Å². The standard InChI is InChI=1S/C42H28BrN.C42H29N/c43-33-26-27-36-35(28-33)41-39(31-20-10-3-11-21-31)37(29-16-6-1-7-17-29)38(30-18-8-2-9-19-30)40(32-22-12-4-13-23-32)42(41)44(36)34-24-14-5-15-25-34;1-6-18-30(19-7-1)37-38(31-20-8-2-9-21-31)40(33-24-12-4-13-25-33)42-41(39(37)32-22-10-3-11-23-32)35-28-16-17-29-36(35)43(42)34-26-14-5-15-27-34/h1-28H;1-29H. The maximum atomic E-state index is 3.83. The molecule has 0 atom stereocenters. The lowest BCUT2D eigenvalue weighted by Crippen LogP contribution is -2.00. The van der Waals surface area contributed by atoms with E-state index in [4.69, 9.17) is 0 Å². The van der Waals surface area contributed by atoms with Gasteiger partial charge in [0.2, 0.25) is 0 Å². The van der Waals surface area contributed by atoms with Crippen molar-refractivity contribution in [3.05, 3.63) is 350 Å². The van der Waals surface area contributed by atoms with Crippen LogP contribution in [0.25, 0.3) is 144 Å². The quantitative estimate of drug-likeness (QED) is 0.129. The second kappa shape index (κ2) is 23.3. The smallest absolute Gasteiger partial charge is 0.0632 e. The lowest BCUT2D eigenvalue weighted by molar-refractivity contribution is 1.18. The number of halogens is 1. The Morgan fingerprint density at radius 1 is 0.195 bits per heavy atom. The number of rotatable bonds is 10. The van der Waals surface area contributed by atoms with E-state index in [0.29, 0.717) is 0 Å². The van der Waals surface area contributed by atoms with Gasteiger partial charge in [0.05, 0.1) is 22.1 Å². The van der Waals surface area contributed by atoms with Crippen molar-refractivity contribution in [2.45, 2.75) is 0 Å². The average molecular weight is 1170 g/mol. The number of fused-ring (bicyclic) bond motifs is 6. The van der Waals surface area contributed by atoms with E-state index in [0.717, 1.165) is 15.8 Å². The van der Waals surface area contributed by atoms with E-state index in [9.17, 15) is 0 Å². The molecule has 0 spiro atoms. The van der Waals surface area contributed by atoms with Crippen LogP contribution < -0.4 is 0 Å². The Balaban J connectivity index is 0.000000147. The molecule has 0 aliphatic heterocycles. The maximum absolute atomic E-state index is 3.83. The summed E-state index contributed by atoms with van der Waals surface area (Å²) in [6, 6.07) is 124. The van der Waals surface area contributed by atoms with E-state index >= 15 is 0 Å². The van der Waals surface area contributed by atoms with Crippen molar-refractivity contribution >= 4 is 59.5 Å². The fourth-order valence-corrected chi connectivity index (χ4v) is 13.7. The molecule has 14 aromatic carbocycles. The molecule has 410 valence electrons. The summed E-state index contributed by atoms with van der Waals surface area (Å²) in [6.07, 6.45) is 0. The summed E-state index contributed by atoms with van der Waals surface area (Å²) in [5, 5.41) is 4.97. The highest BCUT2D eigenvalue weighted by Crippen LogP contribution is 2.56. The third-order valence-electron chi connectivity index (χ3n) is 16.8. The summed E-state index contributed by atoms with van der Waals surface area (Å²) in [7, 11) is 0. The second-order valence-corrected chi connectivity index (χ2v) is 22.8. The first-order valence-electron chi connectivity index (χ1n) is 29.7. The van der Waals surface area contributed by atoms with Crippen LogP contribution in [0.4, 0.5) is 0 Å². The summed E-state index contributed by atoms with van der Waals surface area (Å²) in [6.45, 7) is 0. The lowest BCUT2D eigenvalue weighted by atomic mass is 9.80. The number of para-hydroxylation sites is 3. The molecular weight excluding hydrogens is 1120 g/mol. The average Bonchev–Trinajstić information content (AvgIpc) is 1.65. The van der Waals surface area contributed by atoms with Gasteiger partial charge in [0.1, 0.15) is 0 Å². The molecule has 87 heavy (non-hydrogen) atoms. The van der Waals surface area contributed by atoms with Crippen LogP contribution in [0.5, 0.6) is 0 Å². The molecule has 0 radical (unpaired) electrons. The van der Waals surface area contributed by atoms with Gasteiger partial charge in [-0.15, -0.1) is 0 Å². The first kappa shape index (κ1) is 52.9. The summed E-state index contributed by atoms with van der Waals surface area (Å²) in [4.78, 5) is 0. The van der Waals surface area contributed by atoms with E-state index in [1.54, 1.807) is 0 Å². The molecule has 0 saturated carbocycles. The van der Waals surface area contributed by atoms with Gasteiger partial charge in [-0.05, 0) is 104 Å². The summed E-state index contributed by atoms with van der Waals surface area (Å²) < 4.78 is 6.00. The number of benzene rings is 14. The minimum atomic E-state index is 1.06. The van der Waals surface area contributed by atoms with Gasteiger partial charge in [-0.25, -0.2) is 0 Å². The number of aromatic nitrogens is 2. The van der Waals surface area contributed by atoms with Gasteiger partial charge < -0.3 is 9.13 Å². The molecule has 3 heteroatoms. The number of hydrogen-bond donors (Lipinski definition) is 0. The topological polar surface area (TPSA) is 9.86 Å². The Bertz CT molecular complexity index is 5070. The molecule has 0 aliphatic rings. The van der Waals surface area contributed by atoms with Crippen molar-refractivity contribution in [2.75, 3.05) is 0 Å². The number of hydrogen-bond acceptors (Lipinski definition) is 0. The largest absolute Gasteiger partial charge is 0.309 e. The molecule has 0 fully saturated rings. The van der Waals surface area contributed by atoms with E-state index in [-0.39, 0.29) is 0 Å². The van der Waals surface area contributed by atoms with E-state index < -0.39 is 0 Å². The fraction of sp³-hybridized carbons (Fsp3) is 0. The molecule has 0 bridgehead atoms. The normalized spacial score (nSPS) is 11.3. The van der Waals surface area contributed by atoms with Crippen LogP contribution in [0.15, 0.2) is 350 Å². The monoisotopic (exact) mass is 1170 g/mol. The van der Waals surface area contributed by atoms with Crippen molar-refractivity contribution in [3.63, 3.8) is 0 Å². The molecule has 16 rings (SSSR count).